The van der Waals surface area contributed by atoms with Gasteiger partial charge in [0.1, 0.15) is 0 Å². The van der Waals surface area contributed by atoms with Gasteiger partial charge in [0.25, 0.3) is 0 Å². The van der Waals surface area contributed by atoms with E-state index in [1.54, 1.807) is 24.3 Å². The van der Waals surface area contributed by atoms with E-state index in [-0.39, 0.29) is 10.9 Å². The fourth-order valence-corrected chi connectivity index (χ4v) is 1.59. The van der Waals surface area contributed by atoms with Crippen molar-refractivity contribution in [2.45, 2.75) is 0 Å². The molecule has 2 rings (SSSR count). The van der Waals surface area contributed by atoms with Crippen LogP contribution in [0.3, 0.4) is 0 Å². The van der Waals surface area contributed by atoms with Crippen molar-refractivity contribution in [3.8, 4) is 0 Å². The second-order valence-electron chi connectivity index (χ2n) is 3.62. The predicted molar refractivity (Wildman–Crippen MR) is 70.9 cm³/mol. The van der Waals surface area contributed by atoms with E-state index < -0.39 is 0 Å². The monoisotopic (exact) mass is 258 g/mol. The Morgan fingerprint density at radius 2 is 1.26 bits per heavy atom. The van der Waals surface area contributed by atoms with Gasteiger partial charge in [-0.2, -0.15) is 5.01 Å². The summed E-state index contributed by atoms with van der Waals surface area (Å²) in [5.74, 6) is 0. The van der Waals surface area contributed by atoms with Crippen LogP contribution in [0.1, 0.15) is 0 Å². The van der Waals surface area contributed by atoms with E-state index in [2.05, 4.69) is 10.6 Å². The van der Waals surface area contributed by atoms with E-state index in [9.17, 15) is 9.81 Å². The van der Waals surface area contributed by atoms with Gasteiger partial charge in [0.15, 0.2) is 0 Å². The summed E-state index contributed by atoms with van der Waals surface area (Å²) in [5, 5.41) is 15.8. The van der Waals surface area contributed by atoms with E-state index in [0.29, 0.717) is 11.4 Å². The van der Waals surface area contributed by atoms with Crippen molar-refractivity contribution in [1.82, 2.24) is 0 Å². The third-order valence-electron chi connectivity index (χ3n) is 2.48. The van der Waals surface area contributed by atoms with Crippen LogP contribution in [0, 0.1) is 9.81 Å². The molecule has 19 heavy (non-hydrogen) atoms. The van der Waals surface area contributed by atoms with Gasteiger partial charge < -0.3 is 0 Å². The van der Waals surface area contributed by atoms with Crippen LogP contribution < -0.4 is 10.2 Å². The van der Waals surface area contributed by atoms with Gasteiger partial charge in [0.2, 0.25) is 0 Å². The highest BCUT2D eigenvalue weighted by atomic mass is 16.6. The molecule has 2 aromatic carbocycles. The zero-order chi connectivity index (χ0) is 13.7. The van der Waals surface area contributed by atoms with Gasteiger partial charge in [-0.1, -0.05) is 18.2 Å². The Bertz CT molecular complexity index is 559. The highest BCUT2D eigenvalue weighted by molar-refractivity contribution is 5.64. The van der Waals surface area contributed by atoms with E-state index in [0.717, 1.165) is 0 Å². The summed E-state index contributed by atoms with van der Waals surface area (Å²) in [6.45, 7) is 0. The van der Waals surface area contributed by atoms with Crippen molar-refractivity contribution in [2.24, 2.45) is 10.6 Å². The Hall–Kier alpha value is -2.80. The summed E-state index contributed by atoms with van der Waals surface area (Å²) in [7, 11) is 0. The quantitative estimate of drug-likeness (QED) is 0.656. The number of anilines is 3. The molecule has 0 radical (unpaired) electrons. The molecule has 0 unspecified atom stereocenters. The average Bonchev–Trinajstić information content (AvgIpc) is 2.49. The first kappa shape index (κ1) is 12.7. The fraction of sp³-hybridized carbons (Fsp3) is 0. The van der Waals surface area contributed by atoms with Crippen LogP contribution in [0.15, 0.2) is 65.2 Å². The van der Waals surface area contributed by atoms with Crippen LogP contribution in [-0.2, 0) is 0 Å². The summed E-state index contributed by atoms with van der Waals surface area (Å²) < 4.78 is 0. The van der Waals surface area contributed by atoms with E-state index in [4.69, 9.17) is 5.21 Å². The Balaban J connectivity index is 2.30. The van der Waals surface area contributed by atoms with Gasteiger partial charge in [0, 0.05) is 0 Å². The Morgan fingerprint density at radius 3 is 1.79 bits per heavy atom. The molecule has 0 atom stereocenters. The Morgan fingerprint density at radius 1 is 0.737 bits per heavy atom. The lowest BCUT2D eigenvalue weighted by molar-refractivity contribution is 0.258. The zero-order valence-electron chi connectivity index (χ0n) is 9.75. The molecule has 0 spiro atoms. The maximum absolute atomic E-state index is 10.9. The molecule has 1 N–H and O–H groups in total. The zero-order valence-corrected chi connectivity index (χ0v) is 9.75. The van der Waals surface area contributed by atoms with Crippen molar-refractivity contribution in [2.75, 3.05) is 10.2 Å². The van der Waals surface area contributed by atoms with Crippen molar-refractivity contribution >= 4 is 17.1 Å². The molecule has 0 aliphatic carbocycles. The largest absolute Gasteiger partial charge is 0.265 e. The van der Waals surface area contributed by atoms with Gasteiger partial charge in [-0.3, -0.25) is 5.21 Å². The smallest absolute Gasteiger partial charge is 0.0934 e. The highest BCUT2D eigenvalue weighted by Crippen LogP contribution is 2.27. The lowest BCUT2D eigenvalue weighted by atomic mass is 10.2. The van der Waals surface area contributed by atoms with E-state index in [1.165, 1.54) is 29.3 Å². The van der Waals surface area contributed by atoms with Crippen molar-refractivity contribution in [3.63, 3.8) is 0 Å². The molecule has 7 heteroatoms. The van der Waals surface area contributed by atoms with Crippen LogP contribution in [-0.4, -0.2) is 5.21 Å². The third kappa shape index (κ3) is 2.72. The number of hydrogen-bond acceptors (Lipinski definition) is 5. The van der Waals surface area contributed by atoms with Gasteiger partial charge in [-0.05, 0) is 36.4 Å². The van der Waals surface area contributed by atoms with Crippen LogP contribution in [0.25, 0.3) is 0 Å². The minimum atomic E-state index is 0.192. The van der Waals surface area contributed by atoms with Crippen LogP contribution in [0.5, 0.6) is 0 Å². The average molecular weight is 258 g/mol. The topological polar surface area (TPSA) is 85.6 Å². The van der Waals surface area contributed by atoms with Gasteiger partial charge in [-0.25, -0.2) is 0 Å². The molecule has 0 saturated heterocycles. The summed E-state index contributed by atoms with van der Waals surface area (Å²) in [6, 6.07) is 14.8. The minimum Gasteiger partial charge on any atom is -0.265 e. The number of nitrogens with zero attached hydrogens (tertiary/aromatic N) is 4. The van der Waals surface area contributed by atoms with Gasteiger partial charge in [0.05, 0.1) is 27.6 Å². The molecule has 0 aliphatic rings. The third-order valence-corrected chi connectivity index (χ3v) is 2.48. The second-order valence-corrected chi connectivity index (χ2v) is 3.62. The minimum absolute atomic E-state index is 0.192. The standard InChI is InChI=1S/C12H10N4O3/c17-13-15(10-4-2-1-3-5-10)11-6-8-12(9-7-11)16(19)14-18/h1-9,19H. The Kier molecular flexibility index (Phi) is 3.79. The SMILES string of the molecule is O=NN(O)c1ccc(N(N=O)c2ccccc2)cc1. The maximum Gasteiger partial charge on any atom is 0.0934 e. The molecule has 0 aliphatic heterocycles. The molecule has 0 heterocycles. The first-order valence-electron chi connectivity index (χ1n) is 5.37. The number of hydrogen-bond donors (Lipinski definition) is 1. The maximum atomic E-state index is 10.9. The van der Waals surface area contributed by atoms with Crippen LogP contribution in [0.4, 0.5) is 17.1 Å². The first-order chi connectivity index (χ1) is 9.26. The molecule has 0 saturated carbocycles. The molecule has 0 aromatic heterocycles. The lowest BCUT2D eigenvalue weighted by Gasteiger charge is -2.15. The van der Waals surface area contributed by atoms with E-state index in [1.807, 2.05) is 6.07 Å². The Labute approximate surface area is 108 Å². The van der Waals surface area contributed by atoms with Gasteiger partial charge >= 0.3 is 0 Å². The predicted octanol–water partition coefficient (Wildman–Crippen LogP) is 3.38. The molecule has 2 aromatic rings. The summed E-state index contributed by atoms with van der Waals surface area (Å²) >= 11 is 0. The van der Waals surface area contributed by atoms with Crippen molar-refractivity contribution in [1.29, 1.82) is 0 Å². The number of para-hydroxylation sites is 1. The molecule has 0 fully saturated rings. The van der Waals surface area contributed by atoms with Crippen molar-refractivity contribution < 1.29 is 5.21 Å². The normalized spacial score (nSPS) is 9.74. The second kappa shape index (κ2) is 5.69. The molecule has 7 nitrogen and oxygen atoms in total. The number of rotatable bonds is 5. The summed E-state index contributed by atoms with van der Waals surface area (Å²) in [6.07, 6.45) is 0. The molecule has 0 bridgehead atoms. The first-order valence-corrected chi connectivity index (χ1v) is 5.37. The fourth-order valence-electron chi connectivity index (χ4n) is 1.59. The highest BCUT2D eigenvalue weighted by Gasteiger charge is 2.10. The van der Waals surface area contributed by atoms with Crippen LogP contribution >= 0.6 is 0 Å². The number of nitroso groups, excluding NO2 is 2. The van der Waals surface area contributed by atoms with E-state index >= 15 is 0 Å². The van der Waals surface area contributed by atoms with Gasteiger partial charge in [-0.15, -0.1) is 15.0 Å². The summed E-state index contributed by atoms with van der Waals surface area (Å²) in [5.41, 5.74) is 1.31. The number of benzene rings is 2. The van der Waals surface area contributed by atoms with Crippen LogP contribution in [0.2, 0.25) is 0 Å². The molecule has 0 amide bonds. The lowest BCUT2D eigenvalue weighted by Crippen LogP contribution is -2.10. The molecular weight excluding hydrogens is 248 g/mol. The molecular formula is C12H10N4O3. The summed E-state index contributed by atoms with van der Waals surface area (Å²) in [4.78, 5) is 21.1. The van der Waals surface area contributed by atoms with Crippen molar-refractivity contribution in [3.05, 3.63) is 64.4 Å². The molecule has 96 valence electrons.